The lowest BCUT2D eigenvalue weighted by molar-refractivity contribution is -0.123. The second-order valence-electron chi connectivity index (χ2n) is 5.05. The highest BCUT2D eigenvalue weighted by Crippen LogP contribution is 2.25. The van der Waals surface area contributed by atoms with Crippen molar-refractivity contribution in [2.75, 3.05) is 11.3 Å². The third-order valence-corrected chi connectivity index (χ3v) is 4.79. The summed E-state index contributed by atoms with van der Waals surface area (Å²) in [5, 5.41) is 1.84. The molecule has 2 aromatic carbocycles. The molecule has 2 aromatic rings. The molecule has 0 aromatic heterocycles. The molecular formula is C15H11Cl2F3N2O3S. The predicted octanol–water partition coefficient (Wildman–Crippen LogP) is 4.09. The highest BCUT2D eigenvalue weighted by molar-refractivity contribution is 7.92. The van der Waals surface area contributed by atoms with Crippen LogP contribution in [-0.4, -0.2) is 27.0 Å². The van der Waals surface area contributed by atoms with Crippen LogP contribution in [0.1, 0.15) is 10.4 Å². The molecule has 11 heteroatoms. The lowest BCUT2D eigenvalue weighted by Crippen LogP contribution is -2.34. The molecule has 2 rings (SSSR count). The zero-order valence-corrected chi connectivity index (χ0v) is 15.1. The van der Waals surface area contributed by atoms with E-state index in [4.69, 9.17) is 23.2 Å². The molecule has 0 unspecified atom stereocenters. The van der Waals surface area contributed by atoms with Crippen molar-refractivity contribution in [1.29, 1.82) is 0 Å². The van der Waals surface area contributed by atoms with Gasteiger partial charge in [-0.05, 0) is 30.3 Å². The molecule has 0 aliphatic heterocycles. The third-order valence-electron chi connectivity index (χ3n) is 3.01. The number of nitrogens with one attached hydrogen (secondary N) is 2. The Morgan fingerprint density at radius 3 is 2.19 bits per heavy atom. The average Bonchev–Trinajstić information content (AvgIpc) is 2.51. The number of hydrogen-bond acceptors (Lipinski definition) is 3. The van der Waals surface area contributed by atoms with Crippen LogP contribution in [0.25, 0.3) is 0 Å². The van der Waals surface area contributed by atoms with Gasteiger partial charge < -0.3 is 5.32 Å². The molecule has 0 radical (unpaired) electrons. The number of hydrogen-bond donors (Lipinski definition) is 2. The zero-order chi connectivity index (χ0) is 19.5. The number of amides is 1. The Morgan fingerprint density at radius 1 is 1.04 bits per heavy atom. The Labute approximate surface area is 157 Å². The van der Waals surface area contributed by atoms with Crippen LogP contribution in [0.5, 0.6) is 0 Å². The molecule has 0 aliphatic rings. The van der Waals surface area contributed by atoms with Gasteiger partial charge in [0.1, 0.15) is 6.54 Å². The molecule has 0 bridgehead atoms. The Balaban J connectivity index is 2.31. The van der Waals surface area contributed by atoms with Crippen molar-refractivity contribution in [3.05, 3.63) is 58.1 Å². The van der Waals surface area contributed by atoms with Gasteiger partial charge in [0.25, 0.3) is 15.9 Å². The Morgan fingerprint density at radius 2 is 1.62 bits per heavy atom. The second kappa shape index (κ2) is 7.73. The average molecular weight is 427 g/mol. The van der Waals surface area contributed by atoms with Gasteiger partial charge in [0.2, 0.25) is 0 Å². The van der Waals surface area contributed by atoms with E-state index in [-0.39, 0.29) is 26.2 Å². The summed E-state index contributed by atoms with van der Waals surface area (Å²) in [6.45, 7) is -1.54. The van der Waals surface area contributed by atoms with Crippen molar-refractivity contribution in [2.45, 2.75) is 11.1 Å². The molecule has 26 heavy (non-hydrogen) atoms. The fourth-order valence-electron chi connectivity index (χ4n) is 1.93. The maximum absolute atomic E-state index is 12.5. The highest BCUT2D eigenvalue weighted by Gasteiger charge is 2.28. The Hall–Kier alpha value is -1.97. The van der Waals surface area contributed by atoms with Crippen molar-refractivity contribution < 1.29 is 26.4 Å². The van der Waals surface area contributed by atoms with E-state index in [1.807, 2.05) is 0 Å². The smallest absolute Gasteiger partial charge is 0.343 e. The molecular weight excluding hydrogens is 416 g/mol. The molecule has 1 amide bonds. The Bertz CT molecular complexity index is 914. The summed E-state index contributed by atoms with van der Waals surface area (Å²) in [6, 6.07) is 8.85. The summed E-state index contributed by atoms with van der Waals surface area (Å²) >= 11 is 11.6. The van der Waals surface area contributed by atoms with E-state index in [1.54, 1.807) is 5.32 Å². The summed E-state index contributed by atoms with van der Waals surface area (Å²) in [7, 11) is -4.18. The van der Waals surface area contributed by atoms with E-state index in [2.05, 4.69) is 4.72 Å². The van der Waals surface area contributed by atoms with Gasteiger partial charge in [-0.1, -0.05) is 35.3 Å². The summed E-state index contributed by atoms with van der Waals surface area (Å²) in [4.78, 5) is 11.7. The van der Waals surface area contributed by atoms with Crippen LogP contribution in [0.15, 0.2) is 47.4 Å². The van der Waals surface area contributed by atoms with Gasteiger partial charge in [0.05, 0.1) is 16.1 Å². The molecule has 2 N–H and O–H groups in total. The first-order chi connectivity index (χ1) is 12.0. The standard InChI is InChI=1S/C15H11Cl2F3N2O3S/c16-9-5-10(17)7-11(6-9)26(24,25)22-13-4-2-1-3-12(13)14(23)21-8-15(18,19)20/h1-7,22H,8H2,(H,21,23). The molecule has 0 heterocycles. The van der Waals surface area contributed by atoms with Gasteiger partial charge in [-0.3, -0.25) is 9.52 Å². The van der Waals surface area contributed by atoms with Crippen LogP contribution in [0.4, 0.5) is 18.9 Å². The molecule has 140 valence electrons. The third kappa shape index (κ3) is 5.52. The van der Waals surface area contributed by atoms with Crippen molar-refractivity contribution in [3.63, 3.8) is 0 Å². The van der Waals surface area contributed by atoms with E-state index < -0.39 is 28.7 Å². The van der Waals surface area contributed by atoms with E-state index in [9.17, 15) is 26.4 Å². The van der Waals surface area contributed by atoms with Gasteiger partial charge in [-0.2, -0.15) is 13.2 Å². The SMILES string of the molecule is O=C(NCC(F)(F)F)c1ccccc1NS(=O)(=O)c1cc(Cl)cc(Cl)c1. The van der Waals surface area contributed by atoms with E-state index in [0.717, 1.165) is 12.1 Å². The van der Waals surface area contributed by atoms with Crippen molar-refractivity contribution >= 4 is 44.8 Å². The van der Waals surface area contributed by atoms with E-state index in [0.29, 0.717) is 0 Å². The number of alkyl halides is 3. The number of anilines is 1. The van der Waals surface area contributed by atoms with Crippen LogP contribution in [0.2, 0.25) is 10.0 Å². The van der Waals surface area contributed by atoms with Crippen molar-refractivity contribution in [2.24, 2.45) is 0 Å². The Kier molecular flexibility index (Phi) is 6.05. The number of sulfonamides is 1. The number of carbonyl (C=O) groups excluding carboxylic acids is 1. The number of benzene rings is 2. The number of rotatable bonds is 5. The minimum absolute atomic E-state index is 0.0779. The van der Waals surface area contributed by atoms with Gasteiger partial charge in [0.15, 0.2) is 0 Å². The molecule has 5 nitrogen and oxygen atoms in total. The van der Waals surface area contributed by atoms with E-state index >= 15 is 0 Å². The lowest BCUT2D eigenvalue weighted by Gasteiger charge is -2.14. The monoisotopic (exact) mass is 426 g/mol. The van der Waals surface area contributed by atoms with Gasteiger partial charge in [0, 0.05) is 10.0 Å². The molecule has 0 fully saturated rings. The van der Waals surface area contributed by atoms with Crippen LogP contribution in [0, 0.1) is 0 Å². The molecule has 0 atom stereocenters. The van der Waals surface area contributed by atoms with Gasteiger partial charge >= 0.3 is 6.18 Å². The quantitative estimate of drug-likeness (QED) is 0.755. The fraction of sp³-hybridized carbons (Fsp3) is 0.133. The first-order valence-corrected chi connectivity index (χ1v) is 9.15. The molecule has 0 saturated carbocycles. The predicted molar refractivity (Wildman–Crippen MR) is 92.1 cm³/mol. The second-order valence-corrected chi connectivity index (χ2v) is 7.61. The van der Waals surface area contributed by atoms with Crippen molar-refractivity contribution in [1.82, 2.24) is 5.32 Å². The summed E-state index contributed by atoms with van der Waals surface area (Å²) in [6.07, 6.45) is -4.60. The minimum Gasteiger partial charge on any atom is -0.343 e. The van der Waals surface area contributed by atoms with Crippen LogP contribution in [-0.2, 0) is 10.0 Å². The molecule has 0 saturated heterocycles. The topological polar surface area (TPSA) is 75.3 Å². The van der Waals surface area contributed by atoms with Crippen molar-refractivity contribution in [3.8, 4) is 0 Å². The maximum Gasteiger partial charge on any atom is 0.405 e. The highest BCUT2D eigenvalue weighted by atomic mass is 35.5. The first-order valence-electron chi connectivity index (χ1n) is 6.91. The lowest BCUT2D eigenvalue weighted by atomic mass is 10.1. The maximum atomic E-state index is 12.5. The first kappa shape index (κ1) is 20.3. The number of para-hydroxylation sites is 1. The molecule has 0 aliphatic carbocycles. The number of carbonyl (C=O) groups is 1. The summed E-state index contributed by atoms with van der Waals surface area (Å²) < 4.78 is 63.8. The fourth-order valence-corrected chi connectivity index (χ4v) is 3.74. The normalized spacial score (nSPS) is 11.9. The molecule has 0 spiro atoms. The summed E-state index contributed by atoms with van der Waals surface area (Å²) in [5.74, 6) is -1.08. The zero-order valence-electron chi connectivity index (χ0n) is 12.8. The van der Waals surface area contributed by atoms with Crippen LogP contribution >= 0.6 is 23.2 Å². The van der Waals surface area contributed by atoms with Crippen LogP contribution in [0.3, 0.4) is 0 Å². The largest absolute Gasteiger partial charge is 0.405 e. The number of halogens is 5. The van der Waals surface area contributed by atoms with Gasteiger partial charge in [-0.25, -0.2) is 8.42 Å². The van der Waals surface area contributed by atoms with Crippen LogP contribution < -0.4 is 10.0 Å². The van der Waals surface area contributed by atoms with Gasteiger partial charge in [-0.15, -0.1) is 0 Å². The summed E-state index contributed by atoms with van der Waals surface area (Å²) in [5.41, 5.74) is -0.461. The minimum atomic E-state index is -4.60. The van der Waals surface area contributed by atoms with E-state index in [1.165, 1.54) is 30.3 Å².